The highest BCUT2D eigenvalue weighted by Crippen LogP contribution is 2.55. The van der Waals surface area contributed by atoms with E-state index >= 15 is 0 Å². The molecule has 0 unspecified atom stereocenters. The Labute approximate surface area is 406 Å². The van der Waals surface area contributed by atoms with E-state index < -0.39 is 23.7 Å². The van der Waals surface area contributed by atoms with E-state index in [1.54, 1.807) is 0 Å². The molecule has 0 fully saturated rings. The van der Waals surface area contributed by atoms with Crippen molar-refractivity contribution in [2.24, 2.45) is 0 Å². The van der Waals surface area contributed by atoms with Crippen LogP contribution in [0.2, 0.25) is 0 Å². The Morgan fingerprint density at radius 1 is 0.279 bits per heavy atom. The van der Waals surface area contributed by atoms with E-state index in [0.29, 0.717) is 144 Å². The molecule has 0 amide bonds. The van der Waals surface area contributed by atoms with Gasteiger partial charge in [0.25, 0.3) is 0 Å². The van der Waals surface area contributed by atoms with Gasteiger partial charge in [-0.2, -0.15) is 0 Å². The molecule has 0 aromatic heterocycles. The van der Waals surface area contributed by atoms with Gasteiger partial charge in [-0.15, -0.1) is 0 Å². The van der Waals surface area contributed by atoms with Gasteiger partial charge in [0.05, 0.1) is 22.3 Å². The number of benzene rings is 4. The Morgan fingerprint density at radius 2 is 0.441 bits per heavy atom. The molecule has 8 bridgehead atoms. The zero-order valence-corrected chi connectivity index (χ0v) is 42.3. The second-order valence-corrected chi connectivity index (χ2v) is 19.0. The van der Waals surface area contributed by atoms with Gasteiger partial charge in [-0.05, 0) is 102 Å². The molecule has 0 spiro atoms. The van der Waals surface area contributed by atoms with Gasteiger partial charge in [0.15, 0.2) is 0 Å². The zero-order chi connectivity index (χ0) is 49.7. The topological polar surface area (TPSA) is 210 Å². The zero-order valence-electron chi connectivity index (χ0n) is 42.3. The molecular formula is C56H84N4O8. The van der Waals surface area contributed by atoms with E-state index in [0.717, 1.165) is 25.7 Å². The standard InChI is InChI=1S/C56H84N4O8/c1-9-17-33-37-25-39(51(63)45(49(37)61)29-57-21-13-5)34(18-10-2)41-27-43(55(67)47(53(41)65)31-59-23-15-7)36(20-12-4)44-28-42(54(66)48(56(44)68)32-60-24-16-8)35(19-11-3)40-26-38(33)50(62)46(52(40)64)30-58-22-14-6/h25-28,33-36,57-68H,9-24,29-32H2,1-8H3. The summed E-state index contributed by atoms with van der Waals surface area (Å²) >= 11 is 0. The molecule has 0 aliphatic heterocycles. The Balaban J connectivity index is 2.11. The van der Waals surface area contributed by atoms with E-state index in [9.17, 15) is 40.9 Å². The first-order valence-corrected chi connectivity index (χ1v) is 25.9. The van der Waals surface area contributed by atoms with E-state index in [1.807, 2.05) is 79.7 Å². The van der Waals surface area contributed by atoms with Crippen molar-refractivity contribution in [2.45, 2.75) is 182 Å². The third-order valence-corrected chi connectivity index (χ3v) is 13.9. The maximum absolute atomic E-state index is 12.5. The molecule has 1 aliphatic rings. The highest BCUT2D eigenvalue weighted by atomic mass is 16.3. The molecular weight excluding hydrogens is 857 g/mol. The molecule has 0 atom stereocenters. The van der Waals surface area contributed by atoms with Crippen LogP contribution in [0.5, 0.6) is 46.0 Å². The van der Waals surface area contributed by atoms with Crippen molar-refractivity contribution >= 4 is 0 Å². The number of fused-ring (bicyclic) bond motifs is 8. The maximum atomic E-state index is 12.5. The molecule has 1 aliphatic carbocycles. The summed E-state index contributed by atoms with van der Waals surface area (Å²) in [4.78, 5) is 0. The van der Waals surface area contributed by atoms with Crippen LogP contribution in [0.15, 0.2) is 24.3 Å². The van der Waals surface area contributed by atoms with E-state index in [1.165, 1.54) is 0 Å². The molecule has 5 rings (SSSR count). The van der Waals surface area contributed by atoms with Crippen LogP contribution in [0, 0.1) is 0 Å². The number of nitrogens with one attached hydrogen (secondary N) is 4. The predicted octanol–water partition coefficient (Wildman–Crippen LogP) is 11.4. The minimum Gasteiger partial charge on any atom is -0.507 e. The second-order valence-electron chi connectivity index (χ2n) is 19.0. The van der Waals surface area contributed by atoms with Crippen LogP contribution in [0.25, 0.3) is 0 Å². The van der Waals surface area contributed by atoms with Crippen molar-refractivity contribution in [3.8, 4) is 46.0 Å². The molecule has 0 heterocycles. The van der Waals surface area contributed by atoms with Crippen molar-refractivity contribution < 1.29 is 40.9 Å². The minimum absolute atomic E-state index is 0.0948. The second kappa shape index (κ2) is 25.6. The summed E-state index contributed by atoms with van der Waals surface area (Å²) < 4.78 is 0. The van der Waals surface area contributed by atoms with Crippen molar-refractivity contribution in [3.05, 3.63) is 91.0 Å². The van der Waals surface area contributed by atoms with Crippen LogP contribution in [0.3, 0.4) is 0 Å². The molecule has 12 N–H and O–H groups in total. The lowest BCUT2D eigenvalue weighted by atomic mass is 9.75. The van der Waals surface area contributed by atoms with E-state index in [2.05, 4.69) is 21.3 Å². The van der Waals surface area contributed by atoms with Gasteiger partial charge in [0.2, 0.25) is 0 Å². The number of phenols is 8. The van der Waals surface area contributed by atoms with Gasteiger partial charge < -0.3 is 62.1 Å². The Bertz CT molecular complexity index is 1870. The summed E-state index contributed by atoms with van der Waals surface area (Å²) in [7, 11) is 0. The lowest BCUT2D eigenvalue weighted by Gasteiger charge is -2.31. The summed E-state index contributed by atoms with van der Waals surface area (Å²) in [6.45, 7) is 19.5. The number of hydrogen-bond acceptors (Lipinski definition) is 12. The summed E-state index contributed by atoms with van der Waals surface area (Å²) in [6.07, 6.45) is 7.87. The smallest absolute Gasteiger partial charge is 0.127 e. The number of aromatic hydroxyl groups is 8. The number of phenolic OH excluding ortho intramolecular Hbond substituents is 8. The highest BCUT2D eigenvalue weighted by molar-refractivity contribution is 5.67. The first-order valence-electron chi connectivity index (χ1n) is 25.9. The minimum atomic E-state index is -0.629. The van der Waals surface area contributed by atoms with Crippen molar-refractivity contribution in [3.63, 3.8) is 0 Å². The first-order chi connectivity index (χ1) is 32.8. The quantitative estimate of drug-likeness (QED) is 0.0296. The Kier molecular flexibility index (Phi) is 20.4. The molecule has 12 heteroatoms. The number of hydrogen-bond donors (Lipinski definition) is 12. The van der Waals surface area contributed by atoms with Crippen LogP contribution in [-0.2, 0) is 26.2 Å². The van der Waals surface area contributed by atoms with E-state index in [-0.39, 0.29) is 72.2 Å². The molecule has 0 radical (unpaired) electrons. The average Bonchev–Trinajstić information content (AvgIpc) is 3.31. The molecule has 0 saturated carbocycles. The van der Waals surface area contributed by atoms with Crippen molar-refractivity contribution in [1.82, 2.24) is 21.3 Å². The predicted molar refractivity (Wildman–Crippen MR) is 274 cm³/mol. The van der Waals surface area contributed by atoms with Gasteiger partial charge >= 0.3 is 0 Å². The molecule has 0 saturated heterocycles. The maximum Gasteiger partial charge on any atom is 0.127 e. The van der Waals surface area contributed by atoms with Gasteiger partial charge in [-0.3, -0.25) is 0 Å². The van der Waals surface area contributed by atoms with Crippen LogP contribution in [0.4, 0.5) is 0 Å². The van der Waals surface area contributed by atoms with E-state index in [4.69, 9.17) is 0 Å². The number of rotatable bonds is 24. The lowest BCUT2D eigenvalue weighted by molar-refractivity contribution is 0.405. The third kappa shape index (κ3) is 11.4. The fourth-order valence-corrected chi connectivity index (χ4v) is 10.5. The SMILES string of the molecule is CCCNCc1c(O)c2cc(c1O)C(CCC)c1cc(c(O)c(CNCCC)c1O)C(CCC)c1cc(c(O)c(CNCCC)c1O)C(CCC)c1cc(c(O)c(CNCCC)c1O)C2CCC. The van der Waals surface area contributed by atoms with Gasteiger partial charge in [-0.25, -0.2) is 0 Å². The summed E-state index contributed by atoms with van der Waals surface area (Å²) in [5, 5.41) is 114. The molecule has 68 heavy (non-hydrogen) atoms. The lowest BCUT2D eigenvalue weighted by Crippen LogP contribution is -2.19. The molecule has 376 valence electrons. The normalized spacial score (nSPS) is 16.9. The van der Waals surface area contributed by atoms with Gasteiger partial charge in [0.1, 0.15) is 46.0 Å². The van der Waals surface area contributed by atoms with Crippen LogP contribution in [0.1, 0.15) is 223 Å². The fourth-order valence-electron chi connectivity index (χ4n) is 10.5. The van der Waals surface area contributed by atoms with Crippen LogP contribution < -0.4 is 21.3 Å². The summed E-state index contributed by atoms with van der Waals surface area (Å²) in [5.41, 5.74) is 5.22. The third-order valence-electron chi connectivity index (χ3n) is 13.9. The Hall–Kier alpha value is -4.88. The van der Waals surface area contributed by atoms with Gasteiger partial charge in [0, 0.05) is 94.4 Å². The molecule has 4 aromatic carbocycles. The van der Waals surface area contributed by atoms with Crippen LogP contribution in [-0.4, -0.2) is 67.0 Å². The average molecular weight is 941 g/mol. The van der Waals surface area contributed by atoms with Crippen molar-refractivity contribution in [1.29, 1.82) is 0 Å². The Morgan fingerprint density at radius 3 is 0.574 bits per heavy atom. The highest BCUT2D eigenvalue weighted by Gasteiger charge is 2.37. The molecule has 12 nitrogen and oxygen atoms in total. The summed E-state index contributed by atoms with van der Waals surface area (Å²) in [6, 6.07) is 7.35. The largest absolute Gasteiger partial charge is 0.507 e. The summed E-state index contributed by atoms with van der Waals surface area (Å²) in [5.74, 6) is -3.28. The molecule has 4 aromatic rings. The monoisotopic (exact) mass is 941 g/mol. The van der Waals surface area contributed by atoms with Gasteiger partial charge in [-0.1, -0.05) is 81.1 Å². The van der Waals surface area contributed by atoms with Crippen LogP contribution >= 0.6 is 0 Å². The first kappa shape index (κ1) is 54.1. The van der Waals surface area contributed by atoms with Crippen molar-refractivity contribution in [2.75, 3.05) is 26.2 Å². The fraction of sp³-hybridized carbons (Fsp3) is 0.571.